The highest BCUT2D eigenvalue weighted by atomic mass is 32.1. The van der Waals surface area contributed by atoms with E-state index in [1.54, 1.807) is 35.1 Å². The molecular weight excluding hydrogens is 1600 g/mol. The van der Waals surface area contributed by atoms with E-state index in [-0.39, 0.29) is 34.9 Å². The monoisotopic (exact) mass is 1680 g/mol. The van der Waals surface area contributed by atoms with Crippen LogP contribution in [0.1, 0.15) is 13.7 Å². The van der Waals surface area contributed by atoms with Gasteiger partial charge in [-0.3, -0.25) is 9.97 Å². The summed E-state index contributed by atoms with van der Waals surface area (Å²) >= 11 is 3.32. The molecule has 0 unspecified atom stereocenters. The first kappa shape index (κ1) is 65.1. The van der Waals surface area contributed by atoms with Crippen LogP contribution in [0.25, 0.3) is 241 Å². The van der Waals surface area contributed by atoms with E-state index in [1.807, 2.05) is 97.2 Å². The fourth-order valence-corrected chi connectivity index (χ4v) is 20.6. The van der Waals surface area contributed by atoms with Gasteiger partial charge in [0.15, 0.2) is 34.9 Å². The van der Waals surface area contributed by atoms with Gasteiger partial charge in [-0.2, -0.15) is 0 Å². The van der Waals surface area contributed by atoms with Crippen molar-refractivity contribution in [1.29, 1.82) is 0 Å². The molecule has 0 N–H and O–H groups in total. The van der Waals surface area contributed by atoms with Crippen molar-refractivity contribution in [2.75, 3.05) is 0 Å². The van der Waals surface area contributed by atoms with Gasteiger partial charge in [-0.25, -0.2) is 29.9 Å². The molecule has 0 spiro atoms. The van der Waals surface area contributed by atoms with E-state index in [4.69, 9.17) is 48.6 Å². The average molecular weight is 1680 g/mol. The van der Waals surface area contributed by atoms with Crippen LogP contribution in [0, 0.1) is 0 Å². The SMILES string of the molecule is [2H]c1c([2H])c([2H])c(-c2nc(-c3ccccc3)nc(-c3cc(-n4c5ccccc5c5ccc(-c6cccc7cccnc67)cc54)cc4c3sc3c(-c5cccc(-c6ccccc6)c5)cccc34)n2)c([2H])c1[2H].[2H]c1c([2H])c([2H])c(-c2nc(-c3ccccc3)nc(-c3cc(-n4c5ccccc5c5ccc(-c6ccncc6)cc54)cc4c3sc3c(-c5cccc(-c6ccccc6)c5)cccc34)n2)c([2H])c1[2H]. The highest BCUT2D eigenvalue weighted by Gasteiger charge is 2.27. The number of nitrogens with zero attached hydrogens (tertiary/aromatic N) is 10. The number of thiophene rings is 2. The number of para-hydroxylation sites is 3. The largest absolute Gasteiger partial charge is 0.309 e. The quantitative estimate of drug-likeness (QED) is 0.106. The Bertz CT molecular complexity index is 9240. The maximum atomic E-state index is 9.03. The molecule has 0 saturated carbocycles. The molecule has 25 aromatic rings. The zero-order chi connectivity index (χ0) is 93.2. The van der Waals surface area contributed by atoms with Crippen LogP contribution < -0.4 is 0 Å². The second-order valence-electron chi connectivity index (χ2n) is 31.3. The van der Waals surface area contributed by atoms with Crippen molar-refractivity contribution in [2.45, 2.75) is 0 Å². The van der Waals surface area contributed by atoms with Crippen molar-refractivity contribution in [2.24, 2.45) is 0 Å². The minimum atomic E-state index is -0.489. The molecule has 0 fully saturated rings. The topological polar surface area (TPSA) is 113 Å². The van der Waals surface area contributed by atoms with Crippen LogP contribution in [0.3, 0.4) is 0 Å². The third kappa shape index (κ3) is 13.5. The minimum Gasteiger partial charge on any atom is -0.309 e. The molecule has 25 rings (SSSR count). The zero-order valence-electron chi connectivity index (χ0n) is 78.1. The molecule has 0 aliphatic carbocycles. The van der Waals surface area contributed by atoms with Crippen LogP contribution in [-0.4, -0.2) is 49.0 Å². The van der Waals surface area contributed by atoms with Crippen molar-refractivity contribution in [1.82, 2.24) is 49.0 Å². The first-order chi connectivity index (χ1) is 67.6. The number of hydrogen-bond donors (Lipinski definition) is 0. The van der Waals surface area contributed by atoms with Gasteiger partial charge in [0.1, 0.15) is 0 Å². The van der Waals surface area contributed by atoms with Crippen molar-refractivity contribution < 1.29 is 13.7 Å². The summed E-state index contributed by atoms with van der Waals surface area (Å²) in [6.07, 6.45) is 5.45. The lowest BCUT2D eigenvalue weighted by molar-refractivity contribution is 1.07. The molecule has 0 aliphatic heterocycles. The number of hydrogen-bond acceptors (Lipinski definition) is 10. The number of fused-ring (bicyclic) bond motifs is 13. The van der Waals surface area contributed by atoms with Crippen molar-refractivity contribution >= 4 is 118 Å². The number of rotatable bonds is 14. The van der Waals surface area contributed by atoms with Gasteiger partial charge < -0.3 is 9.13 Å². The predicted octanol–water partition coefficient (Wildman–Crippen LogP) is 30.6. The first-order valence-electron chi connectivity index (χ1n) is 47.0. The summed E-state index contributed by atoms with van der Waals surface area (Å²) in [6, 6.07) is 119. The molecule has 0 atom stereocenters. The smallest absolute Gasteiger partial charge is 0.165 e. The molecule has 17 aromatic carbocycles. The van der Waals surface area contributed by atoms with Gasteiger partial charge in [0.2, 0.25) is 0 Å². The van der Waals surface area contributed by atoms with Crippen LogP contribution in [0.4, 0.5) is 0 Å². The Morgan fingerprint density at radius 3 is 1.06 bits per heavy atom. The van der Waals surface area contributed by atoms with E-state index in [0.29, 0.717) is 45.6 Å². The summed E-state index contributed by atoms with van der Waals surface area (Å²) in [4.78, 5) is 39.4. The van der Waals surface area contributed by atoms with Crippen LogP contribution >= 0.6 is 22.7 Å². The fourth-order valence-electron chi connectivity index (χ4n) is 17.9. The minimum absolute atomic E-state index is 0.0159. The lowest BCUT2D eigenvalue weighted by Gasteiger charge is -2.14. The molecule has 8 heterocycles. The van der Waals surface area contributed by atoms with Crippen LogP contribution in [0.2, 0.25) is 0 Å². The highest BCUT2D eigenvalue weighted by molar-refractivity contribution is 7.27. The normalized spacial score (nSPS) is 12.7. The Labute approximate surface area is 758 Å². The predicted molar refractivity (Wildman–Crippen MR) is 532 cm³/mol. The summed E-state index contributed by atoms with van der Waals surface area (Å²) in [5.41, 5.74) is 22.3. The van der Waals surface area contributed by atoms with E-state index in [2.05, 4.69) is 281 Å². The van der Waals surface area contributed by atoms with E-state index in [9.17, 15) is 0 Å². The number of pyridine rings is 2. The standard InChI is InChI=1S/C60H37N5S.C56H35N5S/c1-4-16-38(17-5-1)42-23-12-24-43(34-42)47-28-14-29-50-51-36-45(65-53-30-11-10-26-48(53)49-32-31-44(35-54(49)65)46-27-13-22-39-25-15-33-61-55(39)46)37-52(57(51)66-56(47)50)60-63-58(40-18-6-2-7-19-40)62-59(64-60)41-20-8-3-9-21-41;1-4-14-36(15-5-1)40-20-12-21-42(32-40)44-23-13-24-47-48-34-43(61-50-25-11-10-22-45(50)46-27-26-41(33-51(46)61)37-28-30-57-31-29-37)35-49(53(48)62-52(44)47)56-59-54(38-16-6-2-7-17-38)58-55(60-56)39-18-8-3-9-19-39/h1-37H;1-35H/i2D,6D,7D,18D,19D;2D,6D,7D,16D,17D. The maximum absolute atomic E-state index is 9.03. The highest BCUT2D eigenvalue weighted by Crippen LogP contribution is 2.50. The van der Waals surface area contributed by atoms with Gasteiger partial charge >= 0.3 is 0 Å². The van der Waals surface area contributed by atoms with Crippen molar-refractivity contribution in [3.63, 3.8) is 0 Å². The molecule has 8 aromatic heterocycles. The van der Waals surface area contributed by atoms with Crippen molar-refractivity contribution in [3.05, 3.63) is 437 Å². The average Bonchev–Trinajstić information content (AvgIpc) is 1.56. The van der Waals surface area contributed by atoms with Gasteiger partial charge in [0, 0.05) is 136 Å². The molecule has 0 amide bonds. The van der Waals surface area contributed by atoms with E-state index >= 15 is 0 Å². The molecule has 0 bridgehead atoms. The molecule has 0 radical (unpaired) electrons. The second kappa shape index (κ2) is 31.9. The lowest BCUT2D eigenvalue weighted by atomic mass is 9.97. The van der Waals surface area contributed by atoms with Crippen LogP contribution in [0.15, 0.2) is 437 Å². The summed E-state index contributed by atoms with van der Waals surface area (Å²) in [5.74, 6) is 1.19. The number of benzene rings is 17. The number of aromatic nitrogens is 10. The summed E-state index contributed by atoms with van der Waals surface area (Å²) in [7, 11) is 0. The summed E-state index contributed by atoms with van der Waals surface area (Å²) in [6.45, 7) is 0. The Balaban J connectivity index is 0.000000151. The van der Waals surface area contributed by atoms with Gasteiger partial charge in [0.25, 0.3) is 0 Å². The Hall–Kier alpha value is -16.6. The zero-order valence-corrected chi connectivity index (χ0v) is 69.7. The van der Waals surface area contributed by atoms with Gasteiger partial charge in [-0.1, -0.05) is 339 Å². The van der Waals surface area contributed by atoms with Gasteiger partial charge in [0.05, 0.1) is 41.3 Å². The third-order valence-corrected chi connectivity index (χ3v) is 26.4. The molecule has 598 valence electrons. The summed E-state index contributed by atoms with van der Waals surface area (Å²) in [5, 5.41) is 9.55. The van der Waals surface area contributed by atoms with Crippen LogP contribution in [0.5, 0.6) is 0 Å². The first-order valence-corrected chi connectivity index (χ1v) is 43.6. The maximum Gasteiger partial charge on any atom is 0.165 e. The molecular formula is C116H72N10S2. The van der Waals surface area contributed by atoms with Crippen molar-refractivity contribution in [3.8, 4) is 146 Å². The fraction of sp³-hybridized carbons (Fsp3) is 0. The molecule has 128 heavy (non-hydrogen) atoms. The molecule has 0 aliphatic rings. The molecule has 10 nitrogen and oxygen atoms in total. The third-order valence-electron chi connectivity index (χ3n) is 23.8. The Kier molecular flexibility index (Phi) is 16.2. The van der Waals surface area contributed by atoms with E-state index < -0.39 is 48.3 Å². The Morgan fingerprint density at radius 1 is 0.211 bits per heavy atom. The molecule has 0 saturated heterocycles. The summed E-state index contributed by atoms with van der Waals surface area (Å²) < 4.78 is 95.8. The lowest BCUT2D eigenvalue weighted by Crippen LogP contribution is -2.01. The van der Waals surface area contributed by atoms with Gasteiger partial charge in [-0.05, 0) is 140 Å². The van der Waals surface area contributed by atoms with E-state index in [0.717, 1.165) is 173 Å². The van der Waals surface area contributed by atoms with E-state index in [1.165, 1.54) is 0 Å². The second-order valence-corrected chi connectivity index (χ2v) is 33.4. The Morgan fingerprint density at radius 2 is 0.562 bits per heavy atom. The van der Waals surface area contributed by atoms with Gasteiger partial charge in [-0.15, -0.1) is 22.7 Å². The van der Waals surface area contributed by atoms with Crippen LogP contribution in [-0.2, 0) is 0 Å². The molecule has 12 heteroatoms.